The molecule has 2 heterocycles. The van der Waals surface area contributed by atoms with Gasteiger partial charge in [-0.25, -0.2) is 9.97 Å². The Hall–Kier alpha value is -3.92. The second-order valence-electron chi connectivity index (χ2n) is 6.28. The summed E-state index contributed by atoms with van der Waals surface area (Å²) in [6.07, 6.45) is 0.738. The number of pyridine rings is 1. The first-order valence-electron chi connectivity index (χ1n) is 8.85. The van der Waals surface area contributed by atoms with Crippen LogP contribution in [0.1, 0.15) is 18.3 Å². The predicted octanol–water partition coefficient (Wildman–Crippen LogP) is 3.69. The van der Waals surface area contributed by atoms with Crippen LogP contribution in [-0.2, 0) is 13.0 Å². The number of hydrogen-bond acceptors (Lipinski definition) is 5. The van der Waals surface area contributed by atoms with Gasteiger partial charge in [0, 0.05) is 29.5 Å². The molecule has 0 fully saturated rings. The fourth-order valence-corrected chi connectivity index (χ4v) is 3.23. The first-order chi connectivity index (χ1) is 13.6. The molecule has 0 atom stereocenters. The average molecular weight is 371 g/mol. The fraction of sp³-hybridized carbons (Fsp3) is 0.143. The van der Waals surface area contributed by atoms with Crippen molar-refractivity contribution in [2.75, 3.05) is 5.73 Å². The molecule has 4 rings (SSSR count). The van der Waals surface area contributed by atoms with Crippen LogP contribution in [-0.4, -0.2) is 19.5 Å². The molecule has 28 heavy (non-hydrogen) atoms. The van der Waals surface area contributed by atoms with E-state index in [0.717, 1.165) is 34.2 Å². The molecular formula is C21H17N5O2. The molecule has 138 valence electrons. The fourth-order valence-electron chi connectivity index (χ4n) is 3.23. The third-order valence-corrected chi connectivity index (χ3v) is 4.55. The molecule has 7 heteroatoms. The molecule has 0 spiro atoms. The van der Waals surface area contributed by atoms with Gasteiger partial charge >= 0.3 is 0 Å². The maximum atomic E-state index is 10.8. The van der Waals surface area contributed by atoms with Gasteiger partial charge in [0.25, 0.3) is 5.69 Å². The zero-order valence-corrected chi connectivity index (χ0v) is 15.2. The number of hydrogen-bond donors (Lipinski definition) is 1. The highest BCUT2D eigenvalue weighted by Crippen LogP contribution is 2.28. The molecule has 2 N–H and O–H groups in total. The molecule has 0 saturated heterocycles. The van der Waals surface area contributed by atoms with Gasteiger partial charge in [-0.05, 0) is 18.2 Å². The Bertz CT molecular complexity index is 1260. The number of aromatic nitrogens is 3. The minimum absolute atomic E-state index is 0.0499. The highest BCUT2D eigenvalue weighted by molar-refractivity contribution is 6.06. The third-order valence-electron chi connectivity index (χ3n) is 4.55. The van der Waals surface area contributed by atoms with Crippen molar-refractivity contribution < 1.29 is 4.92 Å². The lowest BCUT2D eigenvalue weighted by atomic mass is 10.2. The Morgan fingerprint density at radius 1 is 1.14 bits per heavy atom. The van der Waals surface area contributed by atoms with E-state index in [1.165, 1.54) is 12.1 Å². The van der Waals surface area contributed by atoms with Crippen molar-refractivity contribution in [1.29, 1.82) is 0 Å². The van der Waals surface area contributed by atoms with Crippen molar-refractivity contribution in [2.45, 2.75) is 19.9 Å². The summed E-state index contributed by atoms with van der Waals surface area (Å²) >= 11 is 0. The largest absolute Gasteiger partial charge is 0.382 e. The number of anilines is 1. The molecule has 0 aliphatic heterocycles. The van der Waals surface area contributed by atoms with E-state index in [9.17, 15) is 10.1 Å². The minimum atomic E-state index is -0.425. The number of nitro groups is 1. The van der Waals surface area contributed by atoms with Crippen molar-refractivity contribution in [3.05, 3.63) is 70.0 Å². The van der Waals surface area contributed by atoms with E-state index in [1.54, 1.807) is 12.1 Å². The molecule has 2 aromatic carbocycles. The molecule has 0 unspecified atom stereocenters. The van der Waals surface area contributed by atoms with Crippen LogP contribution in [0.4, 0.5) is 11.5 Å². The van der Waals surface area contributed by atoms with E-state index < -0.39 is 4.92 Å². The molecule has 0 saturated carbocycles. The third kappa shape index (κ3) is 3.01. The molecule has 0 aliphatic carbocycles. The lowest BCUT2D eigenvalue weighted by Gasteiger charge is -2.06. The van der Waals surface area contributed by atoms with E-state index in [2.05, 4.69) is 26.4 Å². The summed E-state index contributed by atoms with van der Waals surface area (Å²) in [4.78, 5) is 19.5. The van der Waals surface area contributed by atoms with E-state index in [0.29, 0.717) is 17.9 Å². The number of nitrogens with two attached hydrogens (primary N) is 1. The number of nitrogen functional groups attached to an aromatic ring is 1. The maximum Gasteiger partial charge on any atom is 0.269 e. The van der Waals surface area contributed by atoms with Gasteiger partial charge in [-0.15, -0.1) is 0 Å². The quantitative estimate of drug-likeness (QED) is 0.336. The SMILES string of the molecule is CCc1nc2c(N)nc3ccccc3c2n1CC#Cc1ccc([N+](=O)[O-])cc1. The van der Waals surface area contributed by atoms with Crippen LogP contribution >= 0.6 is 0 Å². The summed E-state index contributed by atoms with van der Waals surface area (Å²) in [5, 5.41) is 11.7. The maximum absolute atomic E-state index is 10.8. The molecule has 0 bridgehead atoms. The van der Waals surface area contributed by atoms with E-state index in [-0.39, 0.29) is 5.69 Å². The van der Waals surface area contributed by atoms with Crippen LogP contribution in [0.2, 0.25) is 0 Å². The molecule has 4 aromatic rings. The average Bonchev–Trinajstić information content (AvgIpc) is 3.08. The number of nitro benzene ring substituents is 1. The van der Waals surface area contributed by atoms with E-state index in [4.69, 9.17) is 5.73 Å². The topological polar surface area (TPSA) is 99.9 Å². The first-order valence-corrected chi connectivity index (χ1v) is 8.85. The van der Waals surface area contributed by atoms with Gasteiger partial charge in [0.2, 0.25) is 0 Å². The van der Waals surface area contributed by atoms with Crippen molar-refractivity contribution in [2.24, 2.45) is 0 Å². The van der Waals surface area contributed by atoms with Gasteiger partial charge in [0.05, 0.1) is 22.5 Å². The summed E-state index contributed by atoms with van der Waals surface area (Å²) in [5.41, 5.74) is 9.35. The van der Waals surface area contributed by atoms with Gasteiger partial charge in [0.15, 0.2) is 5.82 Å². The van der Waals surface area contributed by atoms with Gasteiger partial charge in [-0.3, -0.25) is 10.1 Å². The summed E-state index contributed by atoms with van der Waals surface area (Å²) in [7, 11) is 0. The van der Waals surface area contributed by atoms with Gasteiger partial charge < -0.3 is 10.3 Å². The lowest BCUT2D eigenvalue weighted by molar-refractivity contribution is -0.384. The Balaban J connectivity index is 1.77. The molecule has 7 nitrogen and oxygen atoms in total. The highest BCUT2D eigenvalue weighted by atomic mass is 16.6. The van der Waals surface area contributed by atoms with E-state index >= 15 is 0 Å². The summed E-state index contributed by atoms with van der Waals surface area (Å²) in [5.74, 6) is 7.50. The number of imidazole rings is 1. The standard InChI is InChI=1S/C21H17N5O2/c1-2-18-24-19-20(16-7-3-4-8-17(16)23-21(19)22)25(18)13-5-6-14-9-11-15(12-10-14)26(27)28/h3-4,7-12H,2,13H2,1H3,(H2,22,23). The molecule has 0 radical (unpaired) electrons. The van der Waals surface area contributed by atoms with Crippen LogP contribution in [0.5, 0.6) is 0 Å². The number of para-hydroxylation sites is 1. The molecule has 2 aromatic heterocycles. The van der Waals surface area contributed by atoms with Crippen LogP contribution in [0.3, 0.4) is 0 Å². The molecule has 0 amide bonds. The van der Waals surface area contributed by atoms with Crippen LogP contribution in [0.25, 0.3) is 21.9 Å². The number of non-ortho nitro benzene ring substituents is 1. The van der Waals surface area contributed by atoms with Crippen molar-refractivity contribution in [3.63, 3.8) is 0 Å². The number of aryl methyl sites for hydroxylation is 1. The van der Waals surface area contributed by atoms with Crippen molar-refractivity contribution in [1.82, 2.24) is 14.5 Å². The zero-order valence-electron chi connectivity index (χ0n) is 15.2. The number of rotatable bonds is 3. The lowest BCUT2D eigenvalue weighted by Crippen LogP contribution is -2.02. The normalized spacial score (nSPS) is 10.8. The second-order valence-corrected chi connectivity index (χ2v) is 6.28. The van der Waals surface area contributed by atoms with E-state index in [1.807, 2.05) is 31.2 Å². The van der Waals surface area contributed by atoms with Crippen LogP contribution < -0.4 is 5.73 Å². The Morgan fingerprint density at radius 2 is 1.89 bits per heavy atom. The van der Waals surface area contributed by atoms with Crippen LogP contribution in [0.15, 0.2) is 48.5 Å². The second kappa shape index (κ2) is 7.00. The van der Waals surface area contributed by atoms with Crippen LogP contribution in [0, 0.1) is 22.0 Å². The van der Waals surface area contributed by atoms with Gasteiger partial charge in [0.1, 0.15) is 11.3 Å². The molecular weight excluding hydrogens is 354 g/mol. The Kier molecular flexibility index (Phi) is 4.38. The van der Waals surface area contributed by atoms with Gasteiger partial charge in [-0.1, -0.05) is 37.0 Å². The first kappa shape index (κ1) is 17.5. The zero-order chi connectivity index (χ0) is 19.7. The molecule has 0 aliphatic rings. The summed E-state index contributed by atoms with van der Waals surface area (Å²) in [6.45, 7) is 2.47. The Labute approximate surface area is 161 Å². The highest BCUT2D eigenvalue weighted by Gasteiger charge is 2.15. The smallest absolute Gasteiger partial charge is 0.269 e. The number of benzene rings is 2. The number of nitrogens with zero attached hydrogens (tertiary/aromatic N) is 4. The van der Waals surface area contributed by atoms with Gasteiger partial charge in [-0.2, -0.15) is 0 Å². The predicted molar refractivity (Wildman–Crippen MR) is 109 cm³/mol. The summed E-state index contributed by atoms with van der Waals surface area (Å²) < 4.78 is 2.06. The van der Waals surface area contributed by atoms with Crippen molar-refractivity contribution >= 4 is 33.4 Å². The number of fused-ring (bicyclic) bond motifs is 3. The monoisotopic (exact) mass is 371 g/mol. The minimum Gasteiger partial charge on any atom is -0.382 e. The Morgan fingerprint density at radius 3 is 2.61 bits per heavy atom. The van der Waals surface area contributed by atoms with Crippen molar-refractivity contribution in [3.8, 4) is 11.8 Å². The summed E-state index contributed by atoms with van der Waals surface area (Å²) in [6, 6.07) is 14.0.